The molecule has 1 heterocycles. The molecule has 0 aliphatic rings. The van der Waals surface area contributed by atoms with E-state index >= 15 is 0 Å². The standard InChI is InChI=1S/C20H20N2O2S/c1-14-6-8-15(9-7-14)20-22-17(13-25-20)10-11-21-19(23)16-4-3-5-18(12-16)24-2/h3-9,12-13H,10-11H2,1-2H3,(H,21,23). The van der Waals surface area contributed by atoms with E-state index in [9.17, 15) is 4.79 Å². The molecule has 0 aliphatic carbocycles. The highest BCUT2D eigenvalue weighted by Crippen LogP contribution is 2.24. The third-order valence-electron chi connectivity index (χ3n) is 3.85. The van der Waals surface area contributed by atoms with Crippen LogP contribution in [0.15, 0.2) is 53.9 Å². The number of aromatic nitrogens is 1. The minimum atomic E-state index is -0.104. The number of rotatable bonds is 6. The number of amides is 1. The Labute approximate surface area is 151 Å². The topological polar surface area (TPSA) is 51.2 Å². The van der Waals surface area contributed by atoms with E-state index in [-0.39, 0.29) is 5.91 Å². The Hall–Kier alpha value is -2.66. The molecule has 0 saturated heterocycles. The lowest BCUT2D eigenvalue weighted by molar-refractivity contribution is 0.0953. The fourth-order valence-electron chi connectivity index (χ4n) is 2.42. The Morgan fingerprint density at radius 3 is 2.76 bits per heavy atom. The van der Waals surface area contributed by atoms with Crippen LogP contribution in [0.1, 0.15) is 21.6 Å². The molecule has 0 unspecified atom stereocenters. The lowest BCUT2D eigenvalue weighted by Gasteiger charge is -2.06. The second kappa shape index (κ2) is 7.94. The summed E-state index contributed by atoms with van der Waals surface area (Å²) in [6.45, 7) is 2.62. The van der Waals surface area contributed by atoms with E-state index in [1.54, 1.807) is 30.6 Å². The summed E-state index contributed by atoms with van der Waals surface area (Å²) in [4.78, 5) is 16.8. The Morgan fingerprint density at radius 1 is 1.20 bits per heavy atom. The molecule has 2 aromatic carbocycles. The minimum Gasteiger partial charge on any atom is -0.497 e. The normalized spacial score (nSPS) is 10.5. The first-order valence-electron chi connectivity index (χ1n) is 8.09. The van der Waals surface area contributed by atoms with Gasteiger partial charge in [-0.3, -0.25) is 4.79 Å². The number of carbonyl (C=O) groups is 1. The van der Waals surface area contributed by atoms with Crippen LogP contribution in [0.3, 0.4) is 0 Å². The van der Waals surface area contributed by atoms with E-state index in [1.165, 1.54) is 5.56 Å². The molecule has 1 amide bonds. The first kappa shape index (κ1) is 17.2. The van der Waals surface area contributed by atoms with Crippen LogP contribution in [-0.4, -0.2) is 24.5 Å². The van der Waals surface area contributed by atoms with Gasteiger partial charge < -0.3 is 10.1 Å². The van der Waals surface area contributed by atoms with Gasteiger partial charge in [-0.15, -0.1) is 11.3 Å². The van der Waals surface area contributed by atoms with Crippen molar-refractivity contribution in [2.45, 2.75) is 13.3 Å². The molecule has 0 saturated carbocycles. The minimum absolute atomic E-state index is 0.104. The number of aryl methyl sites for hydroxylation is 1. The number of thiazole rings is 1. The Kier molecular flexibility index (Phi) is 5.46. The molecule has 0 spiro atoms. The van der Waals surface area contributed by atoms with Crippen LogP contribution in [-0.2, 0) is 6.42 Å². The van der Waals surface area contributed by atoms with Crippen LogP contribution in [0, 0.1) is 6.92 Å². The highest BCUT2D eigenvalue weighted by molar-refractivity contribution is 7.13. The number of benzene rings is 2. The van der Waals surface area contributed by atoms with Crippen molar-refractivity contribution in [2.75, 3.05) is 13.7 Å². The molecular weight excluding hydrogens is 332 g/mol. The maximum absolute atomic E-state index is 12.2. The molecule has 1 N–H and O–H groups in total. The molecule has 0 bridgehead atoms. The number of nitrogens with one attached hydrogen (secondary N) is 1. The van der Waals surface area contributed by atoms with Crippen molar-refractivity contribution >= 4 is 17.2 Å². The average molecular weight is 352 g/mol. The van der Waals surface area contributed by atoms with E-state index in [1.807, 2.05) is 17.5 Å². The maximum atomic E-state index is 12.2. The van der Waals surface area contributed by atoms with Crippen LogP contribution < -0.4 is 10.1 Å². The monoisotopic (exact) mass is 352 g/mol. The summed E-state index contributed by atoms with van der Waals surface area (Å²) in [6.07, 6.45) is 0.706. The van der Waals surface area contributed by atoms with Crippen molar-refractivity contribution in [1.82, 2.24) is 10.3 Å². The first-order chi connectivity index (χ1) is 12.2. The van der Waals surface area contributed by atoms with Gasteiger partial charge in [0.1, 0.15) is 10.8 Å². The van der Waals surface area contributed by atoms with Gasteiger partial charge in [0.25, 0.3) is 5.91 Å². The SMILES string of the molecule is COc1cccc(C(=O)NCCc2csc(-c3ccc(C)cc3)n2)c1. The van der Waals surface area contributed by atoms with Crippen molar-refractivity contribution in [3.05, 3.63) is 70.7 Å². The summed E-state index contributed by atoms with van der Waals surface area (Å²) in [5.41, 5.74) is 3.95. The quantitative estimate of drug-likeness (QED) is 0.727. The predicted molar refractivity (Wildman–Crippen MR) is 101 cm³/mol. The zero-order valence-electron chi connectivity index (χ0n) is 14.3. The van der Waals surface area contributed by atoms with Gasteiger partial charge in [-0.1, -0.05) is 35.9 Å². The van der Waals surface area contributed by atoms with Gasteiger partial charge in [0.15, 0.2) is 0 Å². The molecule has 128 valence electrons. The van der Waals surface area contributed by atoms with Gasteiger partial charge in [0, 0.05) is 29.5 Å². The smallest absolute Gasteiger partial charge is 0.251 e. The van der Waals surface area contributed by atoms with E-state index in [4.69, 9.17) is 4.74 Å². The number of ether oxygens (including phenoxy) is 1. The van der Waals surface area contributed by atoms with Crippen molar-refractivity contribution in [3.8, 4) is 16.3 Å². The van der Waals surface area contributed by atoms with Gasteiger partial charge in [-0.05, 0) is 25.1 Å². The van der Waals surface area contributed by atoms with Crippen LogP contribution in [0.5, 0.6) is 5.75 Å². The predicted octanol–water partition coefficient (Wildman–Crippen LogP) is 4.10. The molecule has 25 heavy (non-hydrogen) atoms. The average Bonchev–Trinajstić information content (AvgIpc) is 3.11. The van der Waals surface area contributed by atoms with E-state index in [2.05, 4.69) is 41.5 Å². The lowest BCUT2D eigenvalue weighted by atomic mass is 10.2. The summed E-state index contributed by atoms with van der Waals surface area (Å²) in [5, 5.41) is 5.98. The van der Waals surface area contributed by atoms with E-state index in [0.29, 0.717) is 24.3 Å². The molecule has 0 radical (unpaired) electrons. The van der Waals surface area contributed by atoms with Crippen molar-refractivity contribution in [2.24, 2.45) is 0 Å². The molecule has 0 aliphatic heterocycles. The summed E-state index contributed by atoms with van der Waals surface area (Å²) in [6, 6.07) is 15.5. The molecule has 4 nitrogen and oxygen atoms in total. The highest BCUT2D eigenvalue weighted by atomic mass is 32.1. The van der Waals surface area contributed by atoms with Gasteiger partial charge in [0.2, 0.25) is 0 Å². The van der Waals surface area contributed by atoms with Crippen molar-refractivity contribution < 1.29 is 9.53 Å². The van der Waals surface area contributed by atoms with Gasteiger partial charge in [-0.25, -0.2) is 4.98 Å². The lowest BCUT2D eigenvalue weighted by Crippen LogP contribution is -2.25. The summed E-state index contributed by atoms with van der Waals surface area (Å²) in [5.74, 6) is 0.572. The molecule has 3 aromatic rings. The highest BCUT2D eigenvalue weighted by Gasteiger charge is 2.08. The molecular formula is C20H20N2O2S. The fourth-order valence-corrected chi connectivity index (χ4v) is 3.28. The number of methoxy groups -OCH3 is 1. The number of nitrogens with zero attached hydrogens (tertiary/aromatic N) is 1. The van der Waals surface area contributed by atoms with Crippen LogP contribution in [0.2, 0.25) is 0 Å². The molecule has 5 heteroatoms. The van der Waals surface area contributed by atoms with Gasteiger partial charge >= 0.3 is 0 Å². The van der Waals surface area contributed by atoms with Crippen LogP contribution in [0.4, 0.5) is 0 Å². The number of carbonyl (C=O) groups excluding carboxylic acids is 1. The third-order valence-corrected chi connectivity index (χ3v) is 4.79. The number of hydrogen-bond acceptors (Lipinski definition) is 4. The Morgan fingerprint density at radius 2 is 2.00 bits per heavy atom. The molecule has 1 aromatic heterocycles. The van der Waals surface area contributed by atoms with Gasteiger partial charge in [0.05, 0.1) is 12.8 Å². The number of hydrogen-bond donors (Lipinski definition) is 1. The summed E-state index contributed by atoms with van der Waals surface area (Å²) < 4.78 is 5.14. The fraction of sp³-hybridized carbons (Fsp3) is 0.200. The summed E-state index contributed by atoms with van der Waals surface area (Å²) in [7, 11) is 1.59. The van der Waals surface area contributed by atoms with Crippen molar-refractivity contribution in [3.63, 3.8) is 0 Å². The Bertz CT molecular complexity index is 856. The van der Waals surface area contributed by atoms with Crippen LogP contribution in [0.25, 0.3) is 10.6 Å². The maximum Gasteiger partial charge on any atom is 0.251 e. The van der Waals surface area contributed by atoms with E-state index < -0.39 is 0 Å². The van der Waals surface area contributed by atoms with Gasteiger partial charge in [-0.2, -0.15) is 0 Å². The molecule has 0 fully saturated rings. The first-order valence-corrected chi connectivity index (χ1v) is 8.97. The zero-order valence-corrected chi connectivity index (χ0v) is 15.1. The van der Waals surface area contributed by atoms with Crippen LogP contribution >= 0.6 is 11.3 Å². The molecule has 3 rings (SSSR count). The Balaban J connectivity index is 1.55. The largest absolute Gasteiger partial charge is 0.497 e. The second-order valence-electron chi connectivity index (χ2n) is 5.75. The second-order valence-corrected chi connectivity index (χ2v) is 6.61. The summed E-state index contributed by atoms with van der Waals surface area (Å²) >= 11 is 1.63. The third kappa shape index (κ3) is 4.45. The zero-order chi connectivity index (χ0) is 17.6. The van der Waals surface area contributed by atoms with Crippen molar-refractivity contribution in [1.29, 1.82) is 0 Å². The molecule has 0 atom stereocenters. The van der Waals surface area contributed by atoms with E-state index in [0.717, 1.165) is 16.3 Å².